The molecule has 0 fully saturated rings. The van der Waals surface area contributed by atoms with Gasteiger partial charge in [0.05, 0.1) is 5.57 Å². The monoisotopic (exact) mass is 431 g/mol. The van der Waals surface area contributed by atoms with E-state index in [1.54, 1.807) is 25.1 Å². The van der Waals surface area contributed by atoms with Gasteiger partial charge in [0.15, 0.2) is 6.10 Å². The fourth-order valence-electron chi connectivity index (χ4n) is 3.50. The van der Waals surface area contributed by atoms with Crippen molar-refractivity contribution in [3.05, 3.63) is 57.9 Å². The van der Waals surface area contributed by atoms with Crippen LogP contribution in [0.15, 0.2) is 41.0 Å². The van der Waals surface area contributed by atoms with E-state index in [9.17, 15) is 19.1 Å². The maximum atomic E-state index is 13.8. The molecule has 2 aliphatic rings. The standard InChI is InChI=1S/C21H24FN3O4.C2H6/c1-11-6-14(18(24)7-17(11)22)15(8-23)12-4-2-3-5-13-16(20(27)25-9-12)10-29-21(28)19(13)26;1-2/h3,5-7,19,26H,2,4,8-10,23-24H2,1H3,(H,25,27);1-2H3/b5-3+,15-12+;. The molecule has 8 heteroatoms. The van der Waals surface area contributed by atoms with Gasteiger partial charge in [0.25, 0.3) is 5.91 Å². The van der Waals surface area contributed by atoms with Gasteiger partial charge < -0.3 is 26.6 Å². The van der Waals surface area contributed by atoms with E-state index in [1.807, 2.05) is 13.8 Å². The van der Waals surface area contributed by atoms with E-state index in [2.05, 4.69) is 5.32 Å². The number of nitrogen functional groups attached to an aromatic ring is 1. The second-order valence-electron chi connectivity index (χ2n) is 7.04. The van der Waals surface area contributed by atoms with Crippen LogP contribution in [0.2, 0.25) is 0 Å². The van der Waals surface area contributed by atoms with Crippen molar-refractivity contribution < 1.29 is 23.8 Å². The van der Waals surface area contributed by atoms with Gasteiger partial charge in [-0.15, -0.1) is 0 Å². The fraction of sp³-hybridized carbons (Fsp3) is 0.391. The molecule has 1 unspecified atom stereocenters. The Kier molecular flexibility index (Phi) is 8.53. The van der Waals surface area contributed by atoms with E-state index < -0.39 is 18.0 Å². The van der Waals surface area contributed by atoms with E-state index in [-0.39, 0.29) is 42.3 Å². The lowest BCUT2D eigenvalue weighted by Gasteiger charge is -2.24. The summed E-state index contributed by atoms with van der Waals surface area (Å²) < 4.78 is 18.7. The fourth-order valence-corrected chi connectivity index (χ4v) is 3.50. The smallest absolute Gasteiger partial charge is 0.340 e. The summed E-state index contributed by atoms with van der Waals surface area (Å²) in [5, 5.41) is 12.8. The SMILES string of the molecule is CC.Cc1cc(/C(CN)=C2\CC/C=C/C3=C(COC(=O)C3O)C(=O)NC2)c(N)cc1F. The number of aryl methyl sites for hydroxylation is 1. The van der Waals surface area contributed by atoms with Gasteiger partial charge in [-0.2, -0.15) is 0 Å². The van der Waals surface area contributed by atoms with Crippen LogP contribution in [0.4, 0.5) is 10.1 Å². The van der Waals surface area contributed by atoms with Crippen LogP contribution in [-0.2, 0) is 14.3 Å². The summed E-state index contributed by atoms with van der Waals surface area (Å²) in [6, 6.07) is 2.93. The minimum atomic E-state index is -1.48. The van der Waals surface area contributed by atoms with Gasteiger partial charge in [-0.1, -0.05) is 26.0 Å². The normalized spacial score (nSPS) is 21.8. The first kappa shape index (κ1) is 24.3. The van der Waals surface area contributed by atoms with Crippen molar-refractivity contribution in [2.45, 2.75) is 39.7 Å². The summed E-state index contributed by atoms with van der Waals surface area (Å²) in [4.78, 5) is 24.2. The average Bonchev–Trinajstić information content (AvgIpc) is 2.76. The molecule has 2 aliphatic heterocycles. The van der Waals surface area contributed by atoms with Gasteiger partial charge in [0.2, 0.25) is 0 Å². The Bertz CT molecular complexity index is 950. The van der Waals surface area contributed by atoms with Crippen molar-refractivity contribution in [3.8, 4) is 0 Å². The predicted octanol–water partition coefficient (Wildman–Crippen LogP) is 2.14. The van der Waals surface area contributed by atoms with Crippen molar-refractivity contribution in [3.63, 3.8) is 0 Å². The van der Waals surface area contributed by atoms with Gasteiger partial charge in [-0.3, -0.25) is 4.79 Å². The number of amides is 1. The van der Waals surface area contributed by atoms with E-state index >= 15 is 0 Å². The largest absolute Gasteiger partial charge is 0.458 e. The lowest BCUT2D eigenvalue weighted by Crippen LogP contribution is -2.38. The number of anilines is 1. The minimum Gasteiger partial charge on any atom is -0.458 e. The molecular formula is C23H30FN3O4. The first-order valence-electron chi connectivity index (χ1n) is 10.3. The molecule has 1 aromatic rings. The Morgan fingerprint density at radius 3 is 2.71 bits per heavy atom. The Hall–Kier alpha value is -2.97. The first-order chi connectivity index (χ1) is 14.8. The Labute approximate surface area is 181 Å². The van der Waals surface area contributed by atoms with E-state index in [0.717, 1.165) is 11.1 Å². The van der Waals surface area contributed by atoms with Crippen LogP contribution in [0, 0.1) is 12.7 Å². The summed E-state index contributed by atoms with van der Waals surface area (Å²) in [5.41, 5.74) is 15.5. The number of aliphatic hydroxyl groups excluding tert-OH is 1. The predicted molar refractivity (Wildman–Crippen MR) is 118 cm³/mol. The number of nitrogens with one attached hydrogen (secondary N) is 1. The Balaban J connectivity index is 0.00000166. The van der Waals surface area contributed by atoms with Gasteiger partial charge in [0, 0.05) is 29.9 Å². The molecule has 0 saturated carbocycles. The van der Waals surface area contributed by atoms with E-state index in [4.69, 9.17) is 16.2 Å². The molecule has 7 nitrogen and oxygen atoms in total. The van der Waals surface area contributed by atoms with Gasteiger partial charge in [0.1, 0.15) is 12.4 Å². The zero-order valence-corrected chi connectivity index (χ0v) is 18.1. The molecule has 0 saturated heterocycles. The average molecular weight is 432 g/mol. The maximum absolute atomic E-state index is 13.8. The molecule has 31 heavy (non-hydrogen) atoms. The number of carbonyl (C=O) groups excluding carboxylic acids is 2. The van der Waals surface area contributed by atoms with Crippen molar-refractivity contribution in [2.24, 2.45) is 5.73 Å². The Morgan fingerprint density at radius 2 is 2.03 bits per heavy atom. The lowest BCUT2D eigenvalue weighted by molar-refractivity contribution is -0.152. The highest BCUT2D eigenvalue weighted by Gasteiger charge is 2.31. The van der Waals surface area contributed by atoms with Crippen molar-refractivity contribution in [2.75, 3.05) is 25.4 Å². The number of halogens is 1. The molecule has 0 spiro atoms. The zero-order valence-electron chi connectivity index (χ0n) is 18.1. The molecule has 6 N–H and O–H groups in total. The van der Waals surface area contributed by atoms with Crippen LogP contribution >= 0.6 is 0 Å². The van der Waals surface area contributed by atoms with Crippen LogP contribution in [0.3, 0.4) is 0 Å². The van der Waals surface area contributed by atoms with Gasteiger partial charge in [-0.05, 0) is 48.6 Å². The summed E-state index contributed by atoms with van der Waals surface area (Å²) in [7, 11) is 0. The van der Waals surface area contributed by atoms with Crippen LogP contribution < -0.4 is 16.8 Å². The quantitative estimate of drug-likeness (QED) is 0.420. The van der Waals surface area contributed by atoms with Crippen LogP contribution in [0.1, 0.15) is 37.8 Å². The van der Waals surface area contributed by atoms with Gasteiger partial charge >= 0.3 is 5.97 Å². The molecule has 0 aliphatic carbocycles. The summed E-state index contributed by atoms with van der Waals surface area (Å²) in [5.74, 6) is -1.60. The maximum Gasteiger partial charge on any atom is 0.340 e. The number of benzene rings is 1. The van der Waals surface area contributed by atoms with E-state index in [1.165, 1.54) is 6.07 Å². The molecule has 0 aromatic heterocycles. The summed E-state index contributed by atoms with van der Waals surface area (Å²) in [6.45, 7) is 5.83. The number of cyclic esters (lactones) is 1. The second-order valence-corrected chi connectivity index (χ2v) is 7.04. The molecule has 168 valence electrons. The summed E-state index contributed by atoms with van der Waals surface area (Å²) >= 11 is 0. The minimum absolute atomic E-state index is 0.175. The number of carbonyl (C=O) groups is 2. The molecule has 0 radical (unpaired) electrons. The number of aliphatic hydroxyl groups is 1. The number of esters is 1. The second kappa shape index (κ2) is 10.9. The molecule has 2 heterocycles. The zero-order chi connectivity index (χ0) is 23.1. The molecule has 1 aromatic carbocycles. The molecule has 1 atom stereocenters. The van der Waals surface area contributed by atoms with Gasteiger partial charge in [-0.25, -0.2) is 9.18 Å². The third-order valence-corrected chi connectivity index (χ3v) is 5.16. The molecule has 1 amide bonds. The molecule has 0 bridgehead atoms. The number of allylic oxidation sites excluding steroid dienone is 1. The van der Waals surface area contributed by atoms with Crippen LogP contribution in [-0.4, -0.2) is 42.8 Å². The number of nitrogens with two attached hydrogens (primary N) is 2. The van der Waals surface area contributed by atoms with Crippen molar-refractivity contribution >= 4 is 23.1 Å². The number of rotatable bonds is 2. The molecule has 3 rings (SSSR count). The number of ether oxygens (including phenoxy) is 1. The molecular weight excluding hydrogens is 401 g/mol. The third kappa shape index (κ3) is 5.39. The number of hydrogen-bond acceptors (Lipinski definition) is 6. The topological polar surface area (TPSA) is 128 Å². The highest BCUT2D eigenvalue weighted by molar-refractivity contribution is 5.98. The number of hydrogen-bond donors (Lipinski definition) is 4. The highest BCUT2D eigenvalue weighted by Crippen LogP contribution is 2.29. The van der Waals surface area contributed by atoms with Crippen molar-refractivity contribution in [1.82, 2.24) is 5.32 Å². The Morgan fingerprint density at radius 1 is 1.32 bits per heavy atom. The summed E-state index contributed by atoms with van der Waals surface area (Å²) in [6.07, 6.45) is 3.07. The van der Waals surface area contributed by atoms with Crippen LogP contribution in [0.5, 0.6) is 0 Å². The van der Waals surface area contributed by atoms with E-state index in [0.29, 0.717) is 24.0 Å². The highest BCUT2D eigenvalue weighted by atomic mass is 19.1. The van der Waals surface area contributed by atoms with Crippen molar-refractivity contribution in [1.29, 1.82) is 0 Å². The first-order valence-corrected chi connectivity index (χ1v) is 10.3. The lowest BCUT2D eigenvalue weighted by atomic mass is 9.92. The third-order valence-electron chi connectivity index (χ3n) is 5.16. The van der Waals surface area contributed by atoms with Crippen LogP contribution in [0.25, 0.3) is 5.57 Å².